The number of hydrogen-bond donors (Lipinski definition) is 1. The highest BCUT2D eigenvalue weighted by molar-refractivity contribution is 5.78. The molecule has 1 aliphatic carbocycles. The lowest BCUT2D eigenvalue weighted by atomic mass is 10.3. The van der Waals surface area contributed by atoms with Crippen molar-refractivity contribution >= 4 is 16.9 Å². The van der Waals surface area contributed by atoms with Gasteiger partial charge in [-0.2, -0.15) is 0 Å². The summed E-state index contributed by atoms with van der Waals surface area (Å²) in [6, 6.07) is 18.0. The van der Waals surface area contributed by atoms with Crippen LogP contribution in [-0.2, 0) is 11.3 Å². The molecule has 3 aromatic rings. The summed E-state index contributed by atoms with van der Waals surface area (Å²) in [5.41, 5.74) is 2.12. The van der Waals surface area contributed by atoms with Crippen LogP contribution in [0.4, 0.5) is 0 Å². The summed E-state index contributed by atoms with van der Waals surface area (Å²) in [5, 5.41) is 2.91. The third kappa shape index (κ3) is 3.11. The third-order valence-electron chi connectivity index (χ3n) is 4.14. The Hall–Kier alpha value is -2.82. The molecule has 1 heterocycles. The van der Waals surface area contributed by atoms with Crippen LogP contribution in [0.5, 0.6) is 5.75 Å². The molecular weight excluding hydrogens is 302 g/mol. The molecule has 0 atom stereocenters. The number of fused-ring (bicyclic) bond motifs is 1. The molecule has 122 valence electrons. The third-order valence-corrected chi connectivity index (χ3v) is 4.14. The van der Waals surface area contributed by atoms with Gasteiger partial charge in [0.1, 0.15) is 11.6 Å². The number of carbonyl (C=O) groups is 1. The van der Waals surface area contributed by atoms with Crippen LogP contribution in [0.2, 0.25) is 0 Å². The van der Waals surface area contributed by atoms with E-state index in [1.807, 2.05) is 48.5 Å². The molecule has 1 saturated carbocycles. The summed E-state index contributed by atoms with van der Waals surface area (Å²) in [5.74, 6) is 1.46. The number of benzene rings is 2. The normalized spacial score (nSPS) is 13.8. The standard InChI is InChI=1S/C19H19N3O2/c23-19(13-24-15-6-2-1-3-7-15)20-12-18-21-16-8-4-5-9-17(16)22(18)14-10-11-14/h1-9,14H,10-13H2,(H,20,23). The van der Waals surface area contributed by atoms with E-state index < -0.39 is 0 Å². The van der Waals surface area contributed by atoms with Crippen molar-refractivity contribution in [2.45, 2.75) is 25.4 Å². The molecular formula is C19H19N3O2. The molecule has 1 aromatic heterocycles. The quantitative estimate of drug-likeness (QED) is 0.759. The number of hydrogen-bond acceptors (Lipinski definition) is 3. The zero-order chi connectivity index (χ0) is 16.4. The predicted molar refractivity (Wildman–Crippen MR) is 91.8 cm³/mol. The van der Waals surface area contributed by atoms with Gasteiger partial charge in [0.25, 0.3) is 5.91 Å². The lowest BCUT2D eigenvalue weighted by Crippen LogP contribution is -2.29. The fraction of sp³-hybridized carbons (Fsp3) is 0.263. The van der Waals surface area contributed by atoms with E-state index in [-0.39, 0.29) is 12.5 Å². The number of nitrogens with one attached hydrogen (secondary N) is 1. The zero-order valence-corrected chi connectivity index (χ0v) is 13.3. The van der Waals surface area contributed by atoms with Gasteiger partial charge in [-0.1, -0.05) is 30.3 Å². The molecule has 0 unspecified atom stereocenters. The van der Waals surface area contributed by atoms with Crippen molar-refractivity contribution in [3.05, 3.63) is 60.4 Å². The number of amides is 1. The largest absolute Gasteiger partial charge is 0.484 e. The molecule has 1 N–H and O–H groups in total. The van der Waals surface area contributed by atoms with Gasteiger partial charge in [-0.25, -0.2) is 4.98 Å². The van der Waals surface area contributed by atoms with Crippen molar-refractivity contribution in [3.63, 3.8) is 0 Å². The predicted octanol–water partition coefficient (Wildman–Crippen LogP) is 3.07. The molecule has 1 aliphatic rings. The molecule has 0 bridgehead atoms. The van der Waals surface area contributed by atoms with Crippen molar-refractivity contribution < 1.29 is 9.53 Å². The van der Waals surface area contributed by atoms with E-state index in [1.165, 1.54) is 12.8 Å². The SMILES string of the molecule is O=C(COc1ccccc1)NCc1nc2ccccc2n1C1CC1. The van der Waals surface area contributed by atoms with Gasteiger partial charge in [-0.05, 0) is 37.1 Å². The summed E-state index contributed by atoms with van der Waals surface area (Å²) in [7, 11) is 0. The summed E-state index contributed by atoms with van der Waals surface area (Å²) in [4.78, 5) is 16.7. The van der Waals surface area contributed by atoms with E-state index in [0.29, 0.717) is 18.3 Å². The Morgan fingerprint density at radius 1 is 1.12 bits per heavy atom. The molecule has 1 fully saturated rings. The maximum absolute atomic E-state index is 12.0. The Balaban J connectivity index is 1.41. The first kappa shape index (κ1) is 14.8. The second kappa shape index (κ2) is 6.35. The minimum atomic E-state index is -0.145. The summed E-state index contributed by atoms with van der Waals surface area (Å²) < 4.78 is 7.72. The number of nitrogens with zero attached hydrogens (tertiary/aromatic N) is 2. The van der Waals surface area contributed by atoms with E-state index in [2.05, 4.69) is 20.9 Å². The molecule has 0 aliphatic heterocycles. The summed E-state index contributed by atoms with van der Waals surface area (Å²) in [6.45, 7) is 0.426. The van der Waals surface area contributed by atoms with Gasteiger partial charge in [-0.15, -0.1) is 0 Å². The second-order valence-corrected chi connectivity index (χ2v) is 6.00. The van der Waals surface area contributed by atoms with Gasteiger partial charge in [0.05, 0.1) is 17.6 Å². The van der Waals surface area contributed by atoms with E-state index >= 15 is 0 Å². The highest BCUT2D eigenvalue weighted by Gasteiger charge is 2.28. The highest BCUT2D eigenvalue weighted by Crippen LogP contribution is 2.38. The van der Waals surface area contributed by atoms with Crippen LogP contribution >= 0.6 is 0 Å². The molecule has 0 saturated heterocycles. The van der Waals surface area contributed by atoms with E-state index in [4.69, 9.17) is 4.74 Å². The Labute approximate surface area is 140 Å². The van der Waals surface area contributed by atoms with Gasteiger partial charge in [0.2, 0.25) is 0 Å². The van der Waals surface area contributed by atoms with Crippen molar-refractivity contribution in [1.82, 2.24) is 14.9 Å². The number of imidazole rings is 1. The Bertz CT molecular complexity index is 853. The van der Waals surface area contributed by atoms with Crippen molar-refractivity contribution in [2.75, 3.05) is 6.61 Å². The van der Waals surface area contributed by atoms with E-state index in [1.54, 1.807) is 0 Å². The van der Waals surface area contributed by atoms with Crippen LogP contribution in [0, 0.1) is 0 Å². The fourth-order valence-electron chi connectivity index (χ4n) is 2.85. The van der Waals surface area contributed by atoms with Gasteiger partial charge >= 0.3 is 0 Å². The van der Waals surface area contributed by atoms with Crippen molar-refractivity contribution in [1.29, 1.82) is 0 Å². The molecule has 5 nitrogen and oxygen atoms in total. The maximum atomic E-state index is 12.0. The van der Waals surface area contributed by atoms with Crippen LogP contribution in [0.15, 0.2) is 54.6 Å². The van der Waals surface area contributed by atoms with E-state index in [0.717, 1.165) is 16.9 Å². The number of ether oxygens (including phenoxy) is 1. The lowest BCUT2D eigenvalue weighted by Gasteiger charge is -2.09. The number of aromatic nitrogens is 2. The van der Waals surface area contributed by atoms with Crippen LogP contribution in [0.3, 0.4) is 0 Å². The summed E-state index contributed by atoms with van der Waals surface area (Å²) >= 11 is 0. The minimum absolute atomic E-state index is 0.00761. The minimum Gasteiger partial charge on any atom is -0.484 e. The van der Waals surface area contributed by atoms with Gasteiger partial charge in [0, 0.05) is 6.04 Å². The Morgan fingerprint density at radius 2 is 1.88 bits per heavy atom. The average Bonchev–Trinajstić information content (AvgIpc) is 3.39. The number of carbonyl (C=O) groups excluding carboxylic acids is 1. The summed E-state index contributed by atoms with van der Waals surface area (Å²) in [6.07, 6.45) is 2.36. The van der Waals surface area contributed by atoms with Crippen molar-refractivity contribution in [2.24, 2.45) is 0 Å². The molecule has 0 radical (unpaired) electrons. The topological polar surface area (TPSA) is 56.1 Å². The van der Waals surface area contributed by atoms with Crippen LogP contribution in [0.1, 0.15) is 24.7 Å². The average molecular weight is 321 g/mol. The zero-order valence-electron chi connectivity index (χ0n) is 13.3. The van der Waals surface area contributed by atoms with Gasteiger partial charge in [-0.3, -0.25) is 4.79 Å². The Morgan fingerprint density at radius 3 is 2.67 bits per heavy atom. The van der Waals surface area contributed by atoms with E-state index in [9.17, 15) is 4.79 Å². The first-order chi connectivity index (χ1) is 11.8. The second-order valence-electron chi connectivity index (χ2n) is 6.00. The fourth-order valence-corrected chi connectivity index (χ4v) is 2.85. The molecule has 2 aromatic carbocycles. The van der Waals surface area contributed by atoms with Gasteiger partial charge < -0.3 is 14.6 Å². The van der Waals surface area contributed by atoms with Crippen LogP contribution in [0.25, 0.3) is 11.0 Å². The molecule has 5 heteroatoms. The number of para-hydroxylation sites is 3. The van der Waals surface area contributed by atoms with Gasteiger partial charge in [0.15, 0.2) is 6.61 Å². The first-order valence-electron chi connectivity index (χ1n) is 8.21. The smallest absolute Gasteiger partial charge is 0.258 e. The molecule has 1 amide bonds. The maximum Gasteiger partial charge on any atom is 0.258 e. The monoisotopic (exact) mass is 321 g/mol. The molecule has 0 spiro atoms. The van der Waals surface area contributed by atoms with Crippen LogP contribution < -0.4 is 10.1 Å². The van der Waals surface area contributed by atoms with Crippen molar-refractivity contribution in [3.8, 4) is 5.75 Å². The van der Waals surface area contributed by atoms with Crippen LogP contribution in [-0.4, -0.2) is 22.1 Å². The Kier molecular flexibility index (Phi) is 3.91. The molecule has 4 rings (SSSR count). The number of rotatable bonds is 6. The first-order valence-corrected chi connectivity index (χ1v) is 8.21. The highest BCUT2D eigenvalue weighted by atomic mass is 16.5. The lowest BCUT2D eigenvalue weighted by molar-refractivity contribution is -0.123. The molecule has 24 heavy (non-hydrogen) atoms.